The fraction of sp³-hybridized carbons (Fsp3) is 0.250. The lowest BCUT2D eigenvalue weighted by Crippen LogP contribution is -2.11. The first-order valence-electron chi connectivity index (χ1n) is 6.41. The number of benzene rings is 1. The predicted molar refractivity (Wildman–Crippen MR) is 86.3 cm³/mol. The van der Waals surface area contributed by atoms with Crippen LogP contribution in [0.25, 0.3) is 9.40 Å². The zero-order chi connectivity index (χ0) is 13.4. The van der Waals surface area contributed by atoms with Crippen molar-refractivity contribution in [1.82, 2.24) is 0 Å². The summed E-state index contributed by atoms with van der Waals surface area (Å²) in [5, 5.41) is 2.14. The minimum absolute atomic E-state index is 0.103. The quantitative estimate of drug-likeness (QED) is 0.734. The van der Waals surface area contributed by atoms with E-state index in [1.807, 2.05) is 11.3 Å². The van der Waals surface area contributed by atoms with E-state index in [1.165, 1.54) is 31.0 Å². The molecule has 0 amide bonds. The van der Waals surface area contributed by atoms with Crippen molar-refractivity contribution in [3.8, 4) is 0 Å². The number of nitrogens with two attached hydrogens (primary N) is 1. The van der Waals surface area contributed by atoms with Crippen LogP contribution in [0.2, 0.25) is 0 Å². The zero-order valence-corrected chi connectivity index (χ0v) is 12.8. The van der Waals surface area contributed by atoms with Crippen molar-refractivity contribution in [3.63, 3.8) is 0 Å². The number of hydrogen-bond acceptors (Lipinski definition) is 3. The van der Waals surface area contributed by atoms with Crippen LogP contribution in [0.1, 0.15) is 27.6 Å². The molecule has 1 atom stereocenters. The summed E-state index contributed by atoms with van der Waals surface area (Å²) in [4.78, 5) is 1.29. The molecule has 1 unspecified atom stereocenters. The predicted octanol–water partition coefficient (Wildman–Crippen LogP) is 4.82. The van der Waals surface area contributed by atoms with Gasteiger partial charge in [-0.1, -0.05) is 29.3 Å². The standard InChI is InChI=1S/C16H17NS2/c1-10-5-11(2)7-12(6-10)8-13(17)15-9-16-14(19-15)3-4-18-16/h3-7,9,13H,8,17H2,1-2H3. The first kappa shape index (κ1) is 12.9. The summed E-state index contributed by atoms with van der Waals surface area (Å²) in [6.07, 6.45) is 0.913. The molecule has 19 heavy (non-hydrogen) atoms. The smallest absolute Gasteiger partial charge is 0.0454 e. The Hall–Kier alpha value is -1.16. The molecule has 0 bridgehead atoms. The lowest BCUT2D eigenvalue weighted by atomic mass is 10.0. The van der Waals surface area contributed by atoms with Gasteiger partial charge in [-0.05, 0) is 43.3 Å². The molecule has 3 rings (SSSR count). The lowest BCUT2D eigenvalue weighted by Gasteiger charge is -2.11. The minimum atomic E-state index is 0.103. The minimum Gasteiger partial charge on any atom is -0.323 e. The molecule has 0 aliphatic carbocycles. The average Bonchev–Trinajstić information content (AvgIpc) is 2.86. The van der Waals surface area contributed by atoms with Crippen LogP contribution in [0.3, 0.4) is 0 Å². The summed E-state index contributed by atoms with van der Waals surface area (Å²) < 4.78 is 2.71. The molecule has 2 heterocycles. The summed E-state index contributed by atoms with van der Waals surface area (Å²) in [6, 6.07) is 11.2. The van der Waals surface area contributed by atoms with E-state index >= 15 is 0 Å². The van der Waals surface area contributed by atoms with Crippen LogP contribution >= 0.6 is 22.7 Å². The second kappa shape index (κ2) is 5.08. The number of rotatable bonds is 3. The normalized spacial score (nSPS) is 13.0. The van der Waals surface area contributed by atoms with Gasteiger partial charge in [-0.15, -0.1) is 22.7 Å². The van der Waals surface area contributed by atoms with Gasteiger partial charge in [-0.2, -0.15) is 0 Å². The third-order valence-corrected chi connectivity index (χ3v) is 5.49. The van der Waals surface area contributed by atoms with Crippen molar-refractivity contribution in [1.29, 1.82) is 0 Å². The maximum absolute atomic E-state index is 6.37. The molecule has 0 fully saturated rings. The molecule has 0 saturated heterocycles. The molecule has 0 aliphatic heterocycles. The van der Waals surface area contributed by atoms with E-state index in [0.717, 1.165) is 6.42 Å². The molecule has 3 aromatic rings. The van der Waals surface area contributed by atoms with Crippen LogP contribution in [0.4, 0.5) is 0 Å². The van der Waals surface area contributed by atoms with Gasteiger partial charge >= 0.3 is 0 Å². The fourth-order valence-corrected chi connectivity index (χ4v) is 4.63. The van der Waals surface area contributed by atoms with Crippen LogP contribution in [0, 0.1) is 13.8 Å². The third kappa shape index (κ3) is 2.73. The van der Waals surface area contributed by atoms with Crippen molar-refractivity contribution in [2.24, 2.45) is 5.73 Å². The molecule has 98 valence electrons. The first-order chi connectivity index (χ1) is 9.11. The Morgan fingerprint density at radius 2 is 1.79 bits per heavy atom. The number of thiophene rings is 2. The molecule has 2 N–H and O–H groups in total. The monoisotopic (exact) mass is 287 g/mol. The van der Waals surface area contributed by atoms with Gasteiger partial charge in [0.25, 0.3) is 0 Å². The van der Waals surface area contributed by atoms with Gasteiger partial charge in [0.1, 0.15) is 0 Å². The number of aryl methyl sites for hydroxylation is 2. The summed E-state index contributed by atoms with van der Waals surface area (Å²) in [6.45, 7) is 4.28. The van der Waals surface area contributed by atoms with Gasteiger partial charge in [0.2, 0.25) is 0 Å². The zero-order valence-electron chi connectivity index (χ0n) is 11.1. The van der Waals surface area contributed by atoms with Crippen molar-refractivity contribution in [3.05, 3.63) is 57.3 Å². The highest BCUT2D eigenvalue weighted by molar-refractivity contribution is 7.26. The van der Waals surface area contributed by atoms with Crippen LogP contribution in [-0.4, -0.2) is 0 Å². The van der Waals surface area contributed by atoms with Gasteiger partial charge in [0.15, 0.2) is 0 Å². The molecule has 1 nitrogen and oxygen atoms in total. The Balaban J connectivity index is 1.84. The Labute approximate surface area is 121 Å². The Kier molecular flexibility index (Phi) is 3.44. The van der Waals surface area contributed by atoms with Crippen molar-refractivity contribution in [2.45, 2.75) is 26.3 Å². The van der Waals surface area contributed by atoms with Gasteiger partial charge in [-0.3, -0.25) is 0 Å². The van der Waals surface area contributed by atoms with Crippen LogP contribution in [-0.2, 0) is 6.42 Å². The van der Waals surface area contributed by atoms with Crippen molar-refractivity contribution >= 4 is 32.1 Å². The summed E-state index contributed by atoms with van der Waals surface area (Å²) in [5.41, 5.74) is 10.3. The molecule has 0 saturated carbocycles. The SMILES string of the molecule is Cc1cc(C)cc(CC(N)c2cc3sccc3s2)c1. The molecule has 0 aliphatic rings. The number of hydrogen-bond donors (Lipinski definition) is 1. The van der Waals surface area contributed by atoms with Gasteiger partial charge in [-0.25, -0.2) is 0 Å². The van der Waals surface area contributed by atoms with E-state index in [4.69, 9.17) is 5.73 Å². The first-order valence-corrected chi connectivity index (χ1v) is 8.11. The number of fused-ring (bicyclic) bond motifs is 1. The highest BCUT2D eigenvalue weighted by Crippen LogP contribution is 2.33. The van der Waals surface area contributed by atoms with E-state index < -0.39 is 0 Å². The van der Waals surface area contributed by atoms with E-state index in [0.29, 0.717) is 0 Å². The van der Waals surface area contributed by atoms with Crippen molar-refractivity contribution in [2.75, 3.05) is 0 Å². The lowest BCUT2D eigenvalue weighted by molar-refractivity contribution is 0.736. The van der Waals surface area contributed by atoms with Crippen LogP contribution in [0.15, 0.2) is 35.7 Å². The molecule has 1 aromatic carbocycles. The van der Waals surface area contributed by atoms with Crippen LogP contribution < -0.4 is 5.73 Å². The van der Waals surface area contributed by atoms with Gasteiger partial charge in [0.05, 0.1) is 0 Å². The third-order valence-electron chi connectivity index (χ3n) is 3.26. The molecule has 0 spiro atoms. The topological polar surface area (TPSA) is 26.0 Å². The molecular weight excluding hydrogens is 270 g/mol. The molecule has 0 radical (unpaired) electrons. The van der Waals surface area contributed by atoms with E-state index in [9.17, 15) is 0 Å². The van der Waals surface area contributed by atoms with Gasteiger partial charge in [0, 0.05) is 20.3 Å². The summed E-state index contributed by atoms with van der Waals surface area (Å²) in [5.74, 6) is 0. The Morgan fingerprint density at radius 1 is 1.05 bits per heavy atom. The molecular formula is C16H17NS2. The average molecular weight is 287 g/mol. The van der Waals surface area contributed by atoms with Crippen LogP contribution in [0.5, 0.6) is 0 Å². The maximum atomic E-state index is 6.37. The summed E-state index contributed by atoms with van der Waals surface area (Å²) >= 11 is 3.62. The van der Waals surface area contributed by atoms with Crippen molar-refractivity contribution < 1.29 is 0 Å². The largest absolute Gasteiger partial charge is 0.323 e. The second-order valence-corrected chi connectivity index (χ2v) is 7.17. The highest BCUT2D eigenvalue weighted by atomic mass is 32.1. The molecule has 3 heteroatoms. The van der Waals surface area contributed by atoms with E-state index in [1.54, 1.807) is 11.3 Å². The van der Waals surface area contributed by atoms with Gasteiger partial charge < -0.3 is 5.73 Å². The Bertz CT molecular complexity index is 660. The van der Waals surface area contributed by atoms with E-state index in [2.05, 4.69) is 49.6 Å². The highest BCUT2D eigenvalue weighted by Gasteiger charge is 2.12. The van der Waals surface area contributed by atoms with E-state index in [-0.39, 0.29) is 6.04 Å². The fourth-order valence-electron chi connectivity index (χ4n) is 2.51. The second-order valence-electron chi connectivity index (χ2n) is 5.10. The molecule has 2 aromatic heterocycles. The Morgan fingerprint density at radius 3 is 2.47 bits per heavy atom. The summed E-state index contributed by atoms with van der Waals surface area (Å²) in [7, 11) is 0. The maximum Gasteiger partial charge on any atom is 0.0454 e.